The van der Waals surface area contributed by atoms with Gasteiger partial charge < -0.3 is 10.1 Å². The highest BCUT2D eigenvalue weighted by Gasteiger charge is 2.33. The molecule has 0 bridgehead atoms. The van der Waals surface area contributed by atoms with Crippen molar-refractivity contribution in [3.8, 4) is 0 Å². The first-order valence-corrected chi connectivity index (χ1v) is 10.0. The molecular weight excluding hydrogens is 413 g/mol. The van der Waals surface area contributed by atoms with Crippen LogP contribution in [0.5, 0.6) is 0 Å². The van der Waals surface area contributed by atoms with Crippen LogP contribution < -0.4 is 5.32 Å². The van der Waals surface area contributed by atoms with Gasteiger partial charge in [0.1, 0.15) is 17.4 Å². The molecule has 1 saturated carbocycles. The first-order chi connectivity index (χ1) is 13.0. The van der Waals surface area contributed by atoms with Crippen LogP contribution in [-0.4, -0.2) is 43.4 Å². The summed E-state index contributed by atoms with van der Waals surface area (Å²) in [6.07, 6.45) is 2.80. The van der Waals surface area contributed by atoms with E-state index in [0.29, 0.717) is 0 Å². The van der Waals surface area contributed by atoms with Crippen LogP contribution in [0.2, 0.25) is 0 Å². The second-order valence-electron chi connectivity index (χ2n) is 6.46. The summed E-state index contributed by atoms with van der Waals surface area (Å²) in [6, 6.07) is -0.0227. The summed E-state index contributed by atoms with van der Waals surface area (Å²) in [7, 11) is -4.66. The molecule has 0 saturated heterocycles. The van der Waals surface area contributed by atoms with Crippen molar-refractivity contribution in [3.63, 3.8) is 0 Å². The molecule has 1 unspecified atom stereocenters. The van der Waals surface area contributed by atoms with E-state index in [2.05, 4.69) is 10.1 Å². The fraction of sp³-hybridized carbons (Fsp3) is 0.562. The van der Waals surface area contributed by atoms with Gasteiger partial charge in [0.25, 0.3) is 10.1 Å². The van der Waals surface area contributed by atoms with Crippen LogP contribution in [0.25, 0.3) is 0 Å². The van der Waals surface area contributed by atoms with Crippen LogP contribution in [-0.2, 0) is 14.9 Å². The highest BCUT2D eigenvalue weighted by Crippen LogP contribution is 2.24. The molecule has 0 heterocycles. The Morgan fingerprint density at radius 3 is 2.00 bits per heavy atom. The van der Waals surface area contributed by atoms with E-state index in [0.717, 1.165) is 32.1 Å². The maximum atomic E-state index is 13.7. The first-order valence-electron chi connectivity index (χ1n) is 8.42. The predicted octanol–water partition coefficient (Wildman–Crippen LogP) is 2.72. The van der Waals surface area contributed by atoms with Gasteiger partial charge in [-0.1, -0.05) is 19.3 Å². The molecule has 1 aromatic carbocycles. The Kier molecular flexibility index (Phi) is 7.34. The van der Waals surface area contributed by atoms with Crippen LogP contribution in [0.3, 0.4) is 0 Å². The largest absolute Gasteiger partial charge is 0.456 e. The van der Waals surface area contributed by atoms with Crippen LogP contribution in [0.4, 0.5) is 22.0 Å². The van der Waals surface area contributed by atoms with Crippen LogP contribution in [0.15, 0.2) is 0 Å². The summed E-state index contributed by atoms with van der Waals surface area (Å²) in [5.74, 6) is -15.0. The zero-order valence-electron chi connectivity index (χ0n) is 14.5. The second-order valence-corrected chi connectivity index (χ2v) is 7.96. The Hall–Kier alpha value is -1.79. The molecule has 1 aromatic rings. The summed E-state index contributed by atoms with van der Waals surface area (Å²) in [5.41, 5.74) is -1.84. The minimum absolute atomic E-state index is 0.0227. The molecule has 1 fully saturated rings. The number of ether oxygens (including phenoxy) is 1. The van der Waals surface area contributed by atoms with Gasteiger partial charge in [-0.05, 0) is 12.8 Å². The summed E-state index contributed by atoms with van der Waals surface area (Å²) < 4.78 is 103. The van der Waals surface area contributed by atoms with E-state index in [-0.39, 0.29) is 12.6 Å². The van der Waals surface area contributed by atoms with Gasteiger partial charge in [-0.2, -0.15) is 8.42 Å². The van der Waals surface area contributed by atoms with Gasteiger partial charge in [0, 0.05) is 12.6 Å². The smallest absolute Gasteiger partial charge is 0.344 e. The number of esters is 1. The lowest BCUT2D eigenvalue weighted by Gasteiger charge is -2.25. The number of hydrogen-bond donors (Lipinski definition) is 2. The Morgan fingerprint density at radius 2 is 1.50 bits per heavy atom. The third kappa shape index (κ3) is 5.61. The monoisotopic (exact) mass is 431 g/mol. The first kappa shape index (κ1) is 22.5. The molecule has 158 valence electrons. The van der Waals surface area contributed by atoms with Gasteiger partial charge in [-0.15, -0.1) is 0 Å². The SMILES string of the molecule is O=C(OC(CNC1CCCCC1)CS(=O)(=O)O)c1c(F)c(F)c(F)c(F)c1F. The number of hydrogen-bond acceptors (Lipinski definition) is 5. The average Bonchev–Trinajstić information content (AvgIpc) is 2.62. The number of nitrogens with one attached hydrogen (secondary N) is 1. The van der Waals surface area contributed by atoms with E-state index in [9.17, 15) is 35.2 Å². The molecule has 1 atom stereocenters. The van der Waals surface area contributed by atoms with Crippen molar-refractivity contribution in [2.24, 2.45) is 0 Å². The van der Waals surface area contributed by atoms with E-state index in [1.165, 1.54) is 0 Å². The minimum Gasteiger partial charge on any atom is -0.456 e. The normalized spacial score (nSPS) is 16.8. The van der Waals surface area contributed by atoms with Crippen molar-refractivity contribution < 1.29 is 44.5 Å². The molecule has 6 nitrogen and oxygen atoms in total. The number of carbonyl (C=O) groups is 1. The van der Waals surface area contributed by atoms with Crippen molar-refractivity contribution >= 4 is 16.1 Å². The highest BCUT2D eigenvalue weighted by molar-refractivity contribution is 7.85. The van der Waals surface area contributed by atoms with Crippen molar-refractivity contribution in [2.75, 3.05) is 12.3 Å². The Balaban J connectivity index is 2.20. The summed E-state index contributed by atoms with van der Waals surface area (Å²) >= 11 is 0. The lowest BCUT2D eigenvalue weighted by molar-refractivity contribution is 0.0324. The van der Waals surface area contributed by atoms with Crippen molar-refractivity contribution in [1.82, 2.24) is 5.32 Å². The minimum atomic E-state index is -4.66. The zero-order valence-corrected chi connectivity index (χ0v) is 15.3. The van der Waals surface area contributed by atoms with E-state index in [1.807, 2.05) is 0 Å². The molecule has 0 amide bonds. The van der Waals surface area contributed by atoms with E-state index in [4.69, 9.17) is 4.55 Å². The number of benzene rings is 1. The average molecular weight is 431 g/mol. The van der Waals surface area contributed by atoms with Gasteiger partial charge in [0.15, 0.2) is 23.3 Å². The van der Waals surface area contributed by atoms with E-state index in [1.54, 1.807) is 0 Å². The second kappa shape index (κ2) is 9.14. The third-order valence-corrected chi connectivity index (χ3v) is 5.12. The van der Waals surface area contributed by atoms with Gasteiger partial charge in [-0.25, -0.2) is 26.7 Å². The van der Waals surface area contributed by atoms with E-state index < -0.39 is 62.6 Å². The highest BCUT2D eigenvalue weighted by atomic mass is 32.2. The molecule has 0 aromatic heterocycles. The van der Waals surface area contributed by atoms with Crippen molar-refractivity contribution in [1.29, 1.82) is 0 Å². The fourth-order valence-corrected chi connectivity index (χ4v) is 3.62. The third-order valence-electron chi connectivity index (χ3n) is 4.32. The Morgan fingerprint density at radius 1 is 1.00 bits per heavy atom. The quantitative estimate of drug-likeness (QED) is 0.227. The van der Waals surface area contributed by atoms with Crippen molar-refractivity contribution in [2.45, 2.75) is 44.2 Å². The zero-order chi connectivity index (χ0) is 21.1. The van der Waals surface area contributed by atoms with Crippen LogP contribution >= 0.6 is 0 Å². The Bertz CT molecular complexity index is 813. The van der Waals surface area contributed by atoms with Crippen LogP contribution in [0, 0.1) is 29.1 Å². The molecule has 0 radical (unpaired) electrons. The fourth-order valence-electron chi connectivity index (χ4n) is 2.97. The molecule has 2 rings (SSSR count). The lowest BCUT2D eigenvalue weighted by atomic mass is 9.95. The van der Waals surface area contributed by atoms with Gasteiger partial charge >= 0.3 is 5.97 Å². The maximum absolute atomic E-state index is 13.7. The molecule has 12 heteroatoms. The van der Waals surface area contributed by atoms with Gasteiger partial charge in [0.2, 0.25) is 5.82 Å². The molecule has 1 aliphatic rings. The molecular formula is C16H18F5NO5S. The predicted molar refractivity (Wildman–Crippen MR) is 86.7 cm³/mol. The number of rotatable bonds is 7. The molecule has 0 spiro atoms. The lowest BCUT2D eigenvalue weighted by Crippen LogP contribution is -2.41. The van der Waals surface area contributed by atoms with Gasteiger partial charge in [-0.3, -0.25) is 4.55 Å². The summed E-state index contributed by atoms with van der Waals surface area (Å²) in [6.45, 7) is -0.300. The number of carbonyl (C=O) groups excluding carboxylic acids is 1. The van der Waals surface area contributed by atoms with E-state index >= 15 is 0 Å². The van der Waals surface area contributed by atoms with Gasteiger partial charge in [0.05, 0.1) is 0 Å². The maximum Gasteiger partial charge on any atom is 0.344 e. The topological polar surface area (TPSA) is 92.7 Å². The van der Waals surface area contributed by atoms with Crippen molar-refractivity contribution in [3.05, 3.63) is 34.6 Å². The van der Waals surface area contributed by atoms with Crippen LogP contribution in [0.1, 0.15) is 42.5 Å². The Labute approximate surface area is 157 Å². The summed E-state index contributed by atoms with van der Waals surface area (Å²) in [5, 5.41) is 2.91. The molecule has 1 aliphatic carbocycles. The standard InChI is InChI=1S/C16H18F5NO5S/c17-11-10(12(18)14(20)15(21)13(11)19)16(23)27-9(7-28(24,25)26)6-22-8-4-2-1-3-5-8/h8-9,22H,1-7H2,(H,24,25,26). The molecule has 28 heavy (non-hydrogen) atoms. The summed E-state index contributed by atoms with van der Waals surface area (Å²) in [4.78, 5) is 12.0. The molecule has 2 N–H and O–H groups in total. The molecule has 0 aliphatic heterocycles. The number of halogens is 5.